The van der Waals surface area contributed by atoms with E-state index in [2.05, 4.69) is 35.2 Å². The van der Waals surface area contributed by atoms with Crippen LogP contribution in [0, 0.1) is 5.41 Å². The summed E-state index contributed by atoms with van der Waals surface area (Å²) in [6.45, 7) is 3.64. The topological polar surface area (TPSA) is 36.3 Å². The van der Waals surface area contributed by atoms with E-state index in [1.165, 1.54) is 18.4 Å². The van der Waals surface area contributed by atoms with Crippen molar-refractivity contribution >= 4 is 5.84 Å². The van der Waals surface area contributed by atoms with Crippen molar-refractivity contribution in [3.63, 3.8) is 0 Å². The van der Waals surface area contributed by atoms with Gasteiger partial charge in [-0.05, 0) is 31.2 Å². The van der Waals surface area contributed by atoms with Gasteiger partial charge in [-0.2, -0.15) is 0 Å². The Kier molecular flexibility index (Phi) is 3.56. The van der Waals surface area contributed by atoms with Crippen LogP contribution in [-0.2, 0) is 10.2 Å². The van der Waals surface area contributed by atoms with Crippen molar-refractivity contribution in [1.82, 2.24) is 4.90 Å². The van der Waals surface area contributed by atoms with Crippen molar-refractivity contribution in [1.29, 1.82) is 5.41 Å². The third-order valence-corrected chi connectivity index (χ3v) is 4.55. The molecule has 19 heavy (non-hydrogen) atoms. The molecule has 0 bridgehead atoms. The lowest BCUT2D eigenvalue weighted by atomic mass is 9.72. The van der Waals surface area contributed by atoms with Crippen LogP contribution in [0.2, 0.25) is 0 Å². The average molecular weight is 258 g/mol. The number of hydrogen-bond acceptors (Lipinski definition) is 2. The van der Waals surface area contributed by atoms with Crippen LogP contribution in [0.25, 0.3) is 0 Å². The monoisotopic (exact) mass is 258 g/mol. The van der Waals surface area contributed by atoms with Crippen LogP contribution in [0.4, 0.5) is 0 Å². The Hall–Kier alpha value is -1.35. The SMILES string of the molecule is N=C(N1CCCC1)C1(c2ccccc2)CCOCC1. The van der Waals surface area contributed by atoms with Gasteiger partial charge in [0, 0.05) is 26.3 Å². The summed E-state index contributed by atoms with van der Waals surface area (Å²) in [7, 11) is 0. The number of nitrogens with zero attached hydrogens (tertiary/aromatic N) is 1. The van der Waals surface area contributed by atoms with Gasteiger partial charge in [-0.15, -0.1) is 0 Å². The predicted octanol–water partition coefficient (Wildman–Crippen LogP) is 2.81. The lowest BCUT2D eigenvalue weighted by Crippen LogP contribution is -2.48. The first kappa shape index (κ1) is 12.7. The largest absolute Gasteiger partial charge is 0.381 e. The maximum absolute atomic E-state index is 8.74. The molecule has 3 nitrogen and oxygen atoms in total. The summed E-state index contributed by atoms with van der Waals surface area (Å²) in [5.74, 6) is 0.819. The summed E-state index contributed by atoms with van der Waals surface area (Å²) in [6.07, 6.45) is 4.33. The summed E-state index contributed by atoms with van der Waals surface area (Å²) >= 11 is 0. The third kappa shape index (κ3) is 2.27. The van der Waals surface area contributed by atoms with Crippen molar-refractivity contribution < 1.29 is 4.74 Å². The number of hydrogen-bond donors (Lipinski definition) is 1. The van der Waals surface area contributed by atoms with Crippen molar-refractivity contribution in [2.75, 3.05) is 26.3 Å². The predicted molar refractivity (Wildman–Crippen MR) is 76.7 cm³/mol. The maximum atomic E-state index is 8.74. The van der Waals surface area contributed by atoms with E-state index in [-0.39, 0.29) is 5.41 Å². The molecule has 2 heterocycles. The average Bonchev–Trinajstić information content (AvgIpc) is 3.02. The minimum Gasteiger partial charge on any atom is -0.381 e. The second-order valence-electron chi connectivity index (χ2n) is 5.60. The van der Waals surface area contributed by atoms with Crippen molar-refractivity contribution in [2.45, 2.75) is 31.1 Å². The van der Waals surface area contributed by atoms with E-state index < -0.39 is 0 Å². The third-order valence-electron chi connectivity index (χ3n) is 4.55. The van der Waals surface area contributed by atoms with Crippen LogP contribution < -0.4 is 0 Å². The number of rotatable bonds is 2. The van der Waals surface area contributed by atoms with Gasteiger partial charge in [0.05, 0.1) is 5.41 Å². The molecule has 1 aromatic carbocycles. The van der Waals surface area contributed by atoms with Gasteiger partial charge in [-0.1, -0.05) is 30.3 Å². The van der Waals surface area contributed by atoms with Crippen LogP contribution in [0.1, 0.15) is 31.2 Å². The molecule has 0 unspecified atom stereocenters. The van der Waals surface area contributed by atoms with Gasteiger partial charge in [0.15, 0.2) is 0 Å². The first-order valence-electron chi connectivity index (χ1n) is 7.30. The zero-order valence-corrected chi connectivity index (χ0v) is 11.4. The van der Waals surface area contributed by atoms with Crippen molar-refractivity contribution in [3.8, 4) is 0 Å². The fourth-order valence-corrected chi connectivity index (χ4v) is 3.38. The molecule has 0 amide bonds. The minimum absolute atomic E-state index is 0.121. The van der Waals surface area contributed by atoms with Crippen LogP contribution in [-0.4, -0.2) is 37.0 Å². The lowest BCUT2D eigenvalue weighted by Gasteiger charge is -2.41. The smallest absolute Gasteiger partial charge is 0.107 e. The lowest BCUT2D eigenvalue weighted by molar-refractivity contribution is 0.0673. The zero-order chi connectivity index (χ0) is 13.1. The summed E-state index contributed by atoms with van der Waals surface area (Å²) < 4.78 is 5.54. The molecule has 102 valence electrons. The molecule has 2 aliphatic heterocycles. The Labute approximate surface area is 115 Å². The molecule has 0 radical (unpaired) electrons. The highest BCUT2D eigenvalue weighted by atomic mass is 16.5. The van der Waals surface area contributed by atoms with Gasteiger partial charge in [-0.3, -0.25) is 5.41 Å². The molecule has 3 heteroatoms. The van der Waals surface area contributed by atoms with Gasteiger partial charge in [0.1, 0.15) is 5.84 Å². The second kappa shape index (κ2) is 5.33. The van der Waals surface area contributed by atoms with Crippen LogP contribution in [0.15, 0.2) is 30.3 Å². The first-order chi connectivity index (χ1) is 9.33. The van der Waals surface area contributed by atoms with E-state index >= 15 is 0 Å². The molecule has 2 fully saturated rings. The number of ether oxygens (including phenoxy) is 1. The molecule has 1 N–H and O–H groups in total. The maximum Gasteiger partial charge on any atom is 0.107 e. The Bertz CT molecular complexity index is 431. The molecule has 2 saturated heterocycles. The number of nitrogens with one attached hydrogen (secondary N) is 1. The van der Waals surface area contributed by atoms with E-state index in [9.17, 15) is 0 Å². The minimum atomic E-state index is -0.121. The molecule has 3 rings (SSSR count). The van der Waals surface area contributed by atoms with Gasteiger partial charge < -0.3 is 9.64 Å². The van der Waals surface area contributed by atoms with E-state index in [1.807, 2.05) is 0 Å². The van der Waals surface area contributed by atoms with Crippen LogP contribution >= 0.6 is 0 Å². The molecule has 1 aromatic rings. The Morgan fingerprint density at radius 1 is 1.05 bits per heavy atom. The van der Waals surface area contributed by atoms with Crippen LogP contribution in [0.5, 0.6) is 0 Å². The second-order valence-corrected chi connectivity index (χ2v) is 5.60. The van der Waals surface area contributed by atoms with Gasteiger partial charge in [-0.25, -0.2) is 0 Å². The first-order valence-corrected chi connectivity index (χ1v) is 7.30. The fourth-order valence-electron chi connectivity index (χ4n) is 3.38. The molecule has 0 aromatic heterocycles. The fraction of sp³-hybridized carbons (Fsp3) is 0.562. The molecule has 0 atom stereocenters. The van der Waals surface area contributed by atoms with Crippen LogP contribution in [0.3, 0.4) is 0 Å². The molecule has 0 aliphatic carbocycles. The Balaban J connectivity index is 1.94. The summed E-state index contributed by atoms with van der Waals surface area (Å²) in [4.78, 5) is 2.28. The standard InChI is InChI=1S/C16H22N2O/c17-15(18-10-4-5-11-18)16(8-12-19-13-9-16)14-6-2-1-3-7-14/h1-3,6-7,17H,4-5,8-13H2. The quantitative estimate of drug-likeness (QED) is 0.654. The normalized spacial score (nSPS) is 22.4. The summed E-state index contributed by atoms with van der Waals surface area (Å²) in [5, 5.41) is 8.74. The molecule has 0 spiro atoms. The summed E-state index contributed by atoms with van der Waals surface area (Å²) in [6, 6.07) is 10.6. The van der Waals surface area contributed by atoms with E-state index in [4.69, 9.17) is 10.1 Å². The van der Waals surface area contributed by atoms with Crippen molar-refractivity contribution in [2.24, 2.45) is 0 Å². The van der Waals surface area contributed by atoms with E-state index in [1.54, 1.807) is 0 Å². The highest BCUT2D eigenvalue weighted by Crippen LogP contribution is 2.37. The Morgan fingerprint density at radius 3 is 2.32 bits per heavy atom. The Morgan fingerprint density at radius 2 is 1.68 bits per heavy atom. The van der Waals surface area contributed by atoms with Gasteiger partial charge in [0.2, 0.25) is 0 Å². The number of benzene rings is 1. The van der Waals surface area contributed by atoms with Gasteiger partial charge in [0.25, 0.3) is 0 Å². The summed E-state index contributed by atoms with van der Waals surface area (Å²) in [5.41, 5.74) is 1.17. The molecular formula is C16H22N2O. The highest BCUT2D eigenvalue weighted by Gasteiger charge is 2.41. The van der Waals surface area contributed by atoms with Gasteiger partial charge >= 0.3 is 0 Å². The number of amidine groups is 1. The highest BCUT2D eigenvalue weighted by molar-refractivity contribution is 5.91. The van der Waals surface area contributed by atoms with E-state index in [0.717, 1.165) is 45.0 Å². The van der Waals surface area contributed by atoms with Crippen molar-refractivity contribution in [3.05, 3.63) is 35.9 Å². The molecule has 2 aliphatic rings. The van der Waals surface area contributed by atoms with E-state index in [0.29, 0.717) is 0 Å². The number of likely N-dealkylation sites (tertiary alicyclic amines) is 1. The molecule has 0 saturated carbocycles. The zero-order valence-electron chi connectivity index (χ0n) is 11.4. The molecular weight excluding hydrogens is 236 g/mol.